The minimum absolute atomic E-state index is 0.0306. The molecule has 2 aromatic heterocycles. The van der Waals surface area contributed by atoms with Crippen molar-refractivity contribution in [1.82, 2.24) is 30.1 Å². The first kappa shape index (κ1) is 24.0. The highest BCUT2D eigenvalue weighted by Crippen LogP contribution is 2.21. The normalized spacial score (nSPS) is 12.1. The van der Waals surface area contributed by atoms with Gasteiger partial charge in [-0.15, -0.1) is 0 Å². The number of aliphatic hydroxyl groups excluding tert-OH is 1. The molecule has 0 saturated heterocycles. The molecule has 0 fully saturated rings. The van der Waals surface area contributed by atoms with Crippen molar-refractivity contribution >= 4 is 22.8 Å². The Morgan fingerprint density at radius 3 is 2.57 bits per heavy atom. The van der Waals surface area contributed by atoms with Gasteiger partial charge in [0.05, 0.1) is 11.0 Å². The van der Waals surface area contributed by atoms with Gasteiger partial charge in [0.1, 0.15) is 18.5 Å². The van der Waals surface area contributed by atoms with E-state index in [4.69, 9.17) is 10.5 Å². The molecular weight excluding hydrogens is 454 g/mol. The third-order valence-corrected chi connectivity index (χ3v) is 5.66. The first-order valence-electron chi connectivity index (χ1n) is 11.0. The van der Waals surface area contributed by atoms with Crippen LogP contribution < -0.4 is 26.8 Å². The second-order valence-electron chi connectivity index (χ2n) is 8.05. The number of ether oxygens (including phenoxy) is 1. The molecule has 4 aromatic rings. The second-order valence-corrected chi connectivity index (χ2v) is 8.05. The summed E-state index contributed by atoms with van der Waals surface area (Å²) in [5, 5.41) is 23.3. The zero-order valence-corrected chi connectivity index (χ0v) is 19.4. The van der Waals surface area contributed by atoms with E-state index in [1.807, 2.05) is 30.3 Å². The Bertz CT molecular complexity index is 1370. The first-order chi connectivity index (χ1) is 16.8. The number of aryl methyl sites for hydroxylation is 2. The van der Waals surface area contributed by atoms with Gasteiger partial charge in [0.2, 0.25) is 11.5 Å². The molecule has 0 bridgehead atoms. The van der Waals surface area contributed by atoms with Gasteiger partial charge in [-0.2, -0.15) is 0 Å². The van der Waals surface area contributed by atoms with Crippen LogP contribution in [-0.2, 0) is 20.6 Å². The molecule has 0 saturated carbocycles. The van der Waals surface area contributed by atoms with Crippen LogP contribution in [0.3, 0.4) is 0 Å². The summed E-state index contributed by atoms with van der Waals surface area (Å²) >= 11 is 0. The van der Waals surface area contributed by atoms with E-state index in [2.05, 4.69) is 25.6 Å². The van der Waals surface area contributed by atoms with E-state index in [1.54, 1.807) is 35.4 Å². The number of aromatic nitrogens is 4. The van der Waals surface area contributed by atoms with Gasteiger partial charge < -0.3 is 26.2 Å². The number of hydrogen-bond donors (Lipinski definition) is 4. The van der Waals surface area contributed by atoms with E-state index in [-0.39, 0.29) is 23.8 Å². The number of nitrogens with one attached hydrogen (secondary N) is 2. The number of carbonyl (C=O) groups excluding carboxylic acids is 1. The van der Waals surface area contributed by atoms with Gasteiger partial charge >= 0.3 is 5.69 Å². The molecule has 12 nitrogen and oxygen atoms in total. The van der Waals surface area contributed by atoms with Crippen LogP contribution in [0.5, 0.6) is 5.75 Å². The molecule has 1 amide bonds. The van der Waals surface area contributed by atoms with Crippen molar-refractivity contribution in [1.29, 1.82) is 0 Å². The van der Waals surface area contributed by atoms with Crippen molar-refractivity contribution in [3.05, 3.63) is 69.8 Å². The molecule has 12 heteroatoms. The number of rotatable bonds is 10. The number of hydrogen-bond acceptors (Lipinski definition) is 9. The number of nitrogen functional groups attached to an aromatic ring is 1. The molecule has 1 unspecified atom stereocenters. The summed E-state index contributed by atoms with van der Waals surface area (Å²) in [4.78, 5) is 24.0. The lowest BCUT2D eigenvalue weighted by Gasteiger charge is -2.14. The predicted octanol–water partition coefficient (Wildman–Crippen LogP) is 0.474. The van der Waals surface area contributed by atoms with E-state index in [0.717, 1.165) is 16.6 Å². The molecule has 0 spiro atoms. The Morgan fingerprint density at radius 2 is 1.86 bits per heavy atom. The number of fused-ring (bicyclic) bond motifs is 1. The molecule has 0 aliphatic carbocycles. The molecular formula is C23H27N7O5. The summed E-state index contributed by atoms with van der Waals surface area (Å²) in [6.07, 6.45) is -0.838. The number of amides is 1. The number of aliphatic hydroxyl groups is 1. The summed E-state index contributed by atoms with van der Waals surface area (Å²) in [7, 11) is 3.42. The van der Waals surface area contributed by atoms with Crippen molar-refractivity contribution in [2.45, 2.75) is 12.6 Å². The quantitative estimate of drug-likeness (QED) is 0.236. The Labute approximate surface area is 200 Å². The van der Waals surface area contributed by atoms with E-state index < -0.39 is 12.0 Å². The monoisotopic (exact) mass is 481 g/mol. The third-order valence-electron chi connectivity index (χ3n) is 5.66. The summed E-state index contributed by atoms with van der Waals surface area (Å²) in [6.45, 7) is 1.60. The number of benzene rings is 2. The topological polar surface area (TPSA) is 162 Å². The molecule has 0 aliphatic rings. The average molecular weight is 482 g/mol. The van der Waals surface area contributed by atoms with Gasteiger partial charge in [-0.25, -0.2) is 9.42 Å². The number of imidazole rings is 1. The highest BCUT2D eigenvalue weighted by molar-refractivity contribution is 5.95. The number of anilines is 1. The summed E-state index contributed by atoms with van der Waals surface area (Å²) in [5.41, 5.74) is 8.60. The van der Waals surface area contributed by atoms with Gasteiger partial charge in [-0.1, -0.05) is 18.2 Å². The molecule has 0 aliphatic heterocycles. The average Bonchev–Trinajstić information content (AvgIpc) is 3.39. The van der Waals surface area contributed by atoms with Crippen LogP contribution in [0.1, 0.15) is 27.7 Å². The van der Waals surface area contributed by atoms with Crippen LogP contribution >= 0.6 is 0 Å². The fourth-order valence-electron chi connectivity index (χ4n) is 3.64. The van der Waals surface area contributed by atoms with E-state index >= 15 is 0 Å². The van der Waals surface area contributed by atoms with Crippen molar-refractivity contribution in [3.63, 3.8) is 0 Å². The number of carbonyl (C=O) groups is 1. The van der Waals surface area contributed by atoms with Gasteiger partial charge in [0.15, 0.2) is 0 Å². The standard InChI is InChI=1S/C23H27N7O5/c1-29-17-8-5-15(11-18(17)30(2)23(29)33)19(31)13-34-16-6-3-14(4-7-16)12-25-9-10-26-22(32)20-21(24)28-35-27-20/h3-8,11,19,25,31H,9-10,12-13H2,1-2H3,(H2,24,28)(H,26,32). The largest absolute Gasteiger partial charge is 0.491 e. The highest BCUT2D eigenvalue weighted by Gasteiger charge is 2.15. The van der Waals surface area contributed by atoms with E-state index in [0.29, 0.717) is 30.9 Å². The molecule has 0 radical (unpaired) electrons. The van der Waals surface area contributed by atoms with Crippen molar-refractivity contribution in [3.8, 4) is 5.75 Å². The summed E-state index contributed by atoms with van der Waals surface area (Å²) < 4.78 is 13.3. The lowest BCUT2D eigenvalue weighted by molar-refractivity contribution is 0.0944. The molecule has 184 valence electrons. The fourth-order valence-corrected chi connectivity index (χ4v) is 3.64. The fraction of sp³-hybridized carbons (Fsp3) is 0.304. The maximum atomic E-state index is 12.1. The Hall–Kier alpha value is -4.16. The van der Waals surface area contributed by atoms with Crippen molar-refractivity contribution in [2.75, 3.05) is 25.4 Å². The Balaban J connectivity index is 1.21. The Morgan fingerprint density at radius 1 is 1.11 bits per heavy atom. The first-order valence-corrected chi connectivity index (χ1v) is 11.0. The zero-order valence-electron chi connectivity index (χ0n) is 19.4. The van der Waals surface area contributed by atoms with Gasteiger partial charge in [-0.05, 0) is 45.7 Å². The van der Waals surface area contributed by atoms with Gasteiger partial charge in [0.25, 0.3) is 5.91 Å². The van der Waals surface area contributed by atoms with Crippen LogP contribution in [0, 0.1) is 0 Å². The summed E-state index contributed by atoms with van der Waals surface area (Å²) in [5.74, 6) is 0.142. The third kappa shape index (κ3) is 5.34. The van der Waals surface area contributed by atoms with Crippen LogP contribution in [0.2, 0.25) is 0 Å². The van der Waals surface area contributed by atoms with E-state index in [9.17, 15) is 14.7 Å². The zero-order chi connectivity index (χ0) is 24.9. The number of nitrogens with two attached hydrogens (primary N) is 1. The molecule has 35 heavy (non-hydrogen) atoms. The Kier molecular flexibility index (Phi) is 7.13. The SMILES string of the molecule is Cn1c(=O)n(C)c2cc(C(O)COc3ccc(CNCCNC(=O)c4nonc4N)cc3)ccc21. The van der Waals surface area contributed by atoms with Crippen LogP contribution in [0.25, 0.3) is 11.0 Å². The molecule has 2 heterocycles. The minimum Gasteiger partial charge on any atom is -0.491 e. The lowest BCUT2D eigenvalue weighted by atomic mass is 10.1. The van der Waals surface area contributed by atoms with Crippen LogP contribution in [0.15, 0.2) is 51.9 Å². The highest BCUT2D eigenvalue weighted by atomic mass is 16.6. The minimum atomic E-state index is -0.838. The number of nitrogens with zero attached hydrogens (tertiary/aromatic N) is 4. The summed E-state index contributed by atoms with van der Waals surface area (Å²) in [6, 6.07) is 12.9. The molecule has 1 atom stereocenters. The van der Waals surface area contributed by atoms with Crippen molar-refractivity contribution < 1.29 is 19.3 Å². The van der Waals surface area contributed by atoms with Crippen LogP contribution in [0.4, 0.5) is 5.82 Å². The van der Waals surface area contributed by atoms with Gasteiger partial charge in [0, 0.05) is 33.7 Å². The maximum absolute atomic E-state index is 12.1. The van der Waals surface area contributed by atoms with Gasteiger partial charge in [-0.3, -0.25) is 13.9 Å². The predicted molar refractivity (Wildman–Crippen MR) is 128 cm³/mol. The molecule has 5 N–H and O–H groups in total. The molecule has 4 rings (SSSR count). The lowest BCUT2D eigenvalue weighted by Crippen LogP contribution is -2.32. The van der Waals surface area contributed by atoms with Crippen molar-refractivity contribution in [2.24, 2.45) is 14.1 Å². The second kappa shape index (κ2) is 10.4. The molecule has 2 aromatic carbocycles. The maximum Gasteiger partial charge on any atom is 0.328 e. The van der Waals surface area contributed by atoms with E-state index in [1.165, 1.54) is 0 Å². The van der Waals surface area contributed by atoms with Crippen LogP contribution in [-0.4, -0.2) is 50.2 Å². The smallest absolute Gasteiger partial charge is 0.328 e.